The first-order chi connectivity index (χ1) is 11.1. The Morgan fingerprint density at radius 2 is 2.17 bits per heavy atom. The second-order valence-corrected chi connectivity index (χ2v) is 6.07. The summed E-state index contributed by atoms with van der Waals surface area (Å²) < 4.78 is 5.64. The molecule has 1 aliphatic heterocycles. The van der Waals surface area contributed by atoms with Gasteiger partial charge in [0, 0.05) is 5.56 Å². The van der Waals surface area contributed by atoms with Gasteiger partial charge in [0.1, 0.15) is 6.10 Å². The molecule has 0 aromatic heterocycles. The van der Waals surface area contributed by atoms with Crippen molar-refractivity contribution in [2.75, 3.05) is 0 Å². The number of ether oxygens (including phenoxy) is 1. The third-order valence-electron chi connectivity index (χ3n) is 4.34. The number of hydrogen-bond donors (Lipinski definition) is 1. The number of nitrogens with zero attached hydrogens (tertiary/aromatic N) is 1. The smallest absolute Gasteiger partial charge is 0.271 e. The molecule has 2 aliphatic rings. The summed E-state index contributed by atoms with van der Waals surface area (Å²) >= 11 is 0. The Labute approximate surface area is 135 Å². The zero-order valence-electron chi connectivity index (χ0n) is 13.1. The van der Waals surface area contributed by atoms with E-state index in [0.717, 1.165) is 31.2 Å². The molecule has 1 fully saturated rings. The topological polar surface area (TPSA) is 67.8 Å². The van der Waals surface area contributed by atoms with Crippen LogP contribution in [0.2, 0.25) is 0 Å². The minimum Gasteiger partial charge on any atom is -0.496 e. The van der Waals surface area contributed by atoms with E-state index in [1.165, 1.54) is 12.5 Å². The van der Waals surface area contributed by atoms with Gasteiger partial charge in [-0.1, -0.05) is 24.1 Å². The standard InChI is InChI=1S/C18H20N2O3/c1-12-5-4-6-13(9-12)18(22)20-19-10-14-11-23-16-8-3-2-7-15(16)17(14)21/h4-6,9-11,15-16H,2-3,7-8H2,1H3,(H,20,22)/b19-10+. The van der Waals surface area contributed by atoms with E-state index in [1.807, 2.05) is 19.1 Å². The summed E-state index contributed by atoms with van der Waals surface area (Å²) in [6.07, 6.45) is 6.82. The maximum absolute atomic E-state index is 12.4. The molecule has 1 aromatic carbocycles. The van der Waals surface area contributed by atoms with Gasteiger partial charge in [-0.05, 0) is 38.3 Å². The SMILES string of the molecule is Cc1cccc(C(=O)N/N=C/C2=COC3CCCCC3C2=O)c1. The molecule has 0 saturated heterocycles. The lowest BCUT2D eigenvalue weighted by atomic mass is 9.80. The molecular formula is C18H20N2O3. The number of ketones is 1. The molecule has 1 amide bonds. The number of rotatable bonds is 3. The number of carbonyl (C=O) groups excluding carboxylic acids is 2. The number of nitrogens with one attached hydrogen (secondary N) is 1. The van der Waals surface area contributed by atoms with E-state index in [2.05, 4.69) is 10.5 Å². The van der Waals surface area contributed by atoms with E-state index in [0.29, 0.717) is 11.1 Å². The molecule has 1 aromatic rings. The summed E-state index contributed by atoms with van der Waals surface area (Å²) in [7, 11) is 0. The van der Waals surface area contributed by atoms with Crippen molar-refractivity contribution in [3.63, 3.8) is 0 Å². The molecule has 23 heavy (non-hydrogen) atoms. The van der Waals surface area contributed by atoms with E-state index >= 15 is 0 Å². The van der Waals surface area contributed by atoms with Crippen molar-refractivity contribution in [2.45, 2.75) is 38.7 Å². The van der Waals surface area contributed by atoms with Crippen LogP contribution in [0, 0.1) is 12.8 Å². The lowest BCUT2D eigenvalue weighted by molar-refractivity contribution is -0.126. The molecule has 120 valence electrons. The number of Topliss-reactive ketones (excluding diaryl/α,β-unsaturated/α-hetero) is 1. The van der Waals surface area contributed by atoms with Crippen LogP contribution in [-0.2, 0) is 9.53 Å². The number of benzene rings is 1. The summed E-state index contributed by atoms with van der Waals surface area (Å²) in [6.45, 7) is 1.92. The fraction of sp³-hybridized carbons (Fsp3) is 0.389. The molecule has 2 atom stereocenters. The van der Waals surface area contributed by atoms with Crippen LogP contribution < -0.4 is 5.43 Å². The lowest BCUT2D eigenvalue weighted by Gasteiger charge is -2.33. The minimum absolute atomic E-state index is 0.00952. The fourth-order valence-electron chi connectivity index (χ4n) is 3.10. The van der Waals surface area contributed by atoms with Crippen molar-refractivity contribution < 1.29 is 14.3 Å². The summed E-state index contributed by atoms with van der Waals surface area (Å²) in [5, 5.41) is 3.90. The molecule has 1 heterocycles. The van der Waals surface area contributed by atoms with Crippen LogP contribution in [0.4, 0.5) is 0 Å². The minimum atomic E-state index is -0.301. The molecule has 0 bridgehead atoms. The van der Waals surface area contributed by atoms with Gasteiger partial charge in [-0.3, -0.25) is 9.59 Å². The zero-order chi connectivity index (χ0) is 16.2. The number of allylic oxidation sites excluding steroid dienone is 1. The Morgan fingerprint density at radius 1 is 1.35 bits per heavy atom. The van der Waals surface area contributed by atoms with E-state index in [9.17, 15) is 9.59 Å². The molecular weight excluding hydrogens is 292 g/mol. The second kappa shape index (κ2) is 6.77. The van der Waals surface area contributed by atoms with Gasteiger partial charge in [0.25, 0.3) is 5.91 Å². The van der Waals surface area contributed by atoms with Crippen molar-refractivity contribution in [2.24, 2.45) is 11.0 Å². The summed E-state index contributed by atoms with van der Waals surface area (Å²) in [5.74, 6) is -0.303. The van der Waals surface area contributed by atoms with Gasteiger partial charge in [-0.15, -0.1) is 0 Å². The maximum Gasteiger partial charge on any atom is 0.271 e. The number of aryl methyl sites for hydroxylation is 1. The maximum atomic E-state index is 12.4. The van der Waals surface area contributed by atoms with Gasteiger partial charge in [-0.25, -0.2) is 5.43 Å². The Bertz CT molecular complexity index is 679. The van der Waals surface area contributed by atoms with Crippen LogP contribution in [0.15, 0.2) is 41.2 Å². The largest absolute Gasteiger partial charge is 0.496 e. The molecule has 0 spiro atoms. The van der Waals surface area contributed by atoms with Crippen LogP contribution >= 0.6 is 0 Å². The molecule has 2 unspecified atom stereocenters. The number of carbonyl (C=O) groups is 2. The summed E-state index contributed by atoms with van der Waals surface area (Å²) in [6, 6.07) is 7.24. The van der Waals surface area contributed by atoms with Crippen LogP contribution in [0.1, 0.15) is 41.6 Å². The Hall–Kier alpha value is -2.43. The lowest BCUT2D eigenvalue weighted by Crippen LogP contribution is -2.37. The predicted octanol–water partition coefficient (Wildman–Crippen LogP) is 2.75. The first-order valence-electron chi connectivity index (χ1n) is 7.95. The number of hydrazone groups is 1. The van der Waals surface area contributed by atoms with Gasteiger partial charge < -0.3 is 4.74 Å². The molecule has 5 nitrogen and oxygen atoms in total. The van der Waals surface area contributed by atoms with Crippen molar-refractivity contribution in [3.8, 4) is 0 Å². The first kappa shape index (κ1) is 15.5. The molecule has 1 N–H and O–H groups in total. The fourth-order valence-corrected chi connectivity index (χ4v) is 3.10. The summed E-state index contributed by atoms with van der Waals surface area (Å²) in [4.78, 5) is 24.4. The van der Waals surface area contributed by atoms with E-state index in [-0.39, 0.29) is 23.7 Å². The Balaban J connectivity index is 1.63. The number of hydrogen-bond acceptors (Lipinski definition) is 4. The van der Waals surface area contributed by atoms with Crippen molar-refractivity contribution in [1.82, 2.24) is 5.43 Å². The molecule has 5 heteroatoms. The highest BCUT2D eigenvalue weighted by Crippen LogP contribution is 2.32. The molecule has 3 rings (SSSR count). The molecule has 1 aliphatic carbocycles. The third-order valence-corrected chi connectivity index (χ3v) is 4.34. The van der Waals surface area contributed by atoms with Crippen LogP contribution in [0.3, 0.4) is 0 Å². The first-order valence-corrected chi connectivity index (χ1v) is 7.95. The monoisotopic (exact) mass is 312 g/mol. The van der Waals surface area contributed by atoms with E-state index in [4.69, 9.17) is 4.74 Å². The normalized spacial score (nSPS) is 23.9. The van der Waals surface area contributed by atoms with Crippen LogP contribution in [0.5, 0.6) is 0 Å². The van der Waals surface area contributed by atoms with Crippen molar-refractivity contribution in [1.29, 1.82) is 0 Å². The van der Waals surface area contributed by atoms with Gasteiger partial charge in [0.2, 0.25) is 0 Å². The van der Waals surface area contributed by atoms with Crippen LogP contribution in [-0.4, -0.2) is 24.0 Å². The Kier molecular flexibility index (Phi) is 4.55. The number of fused-ring (bicyclic) bond motifs is 1. The number of amides is 1. The van der Waals surface area contributed by atoms with Gasteiger partial charge in [0.15, 0.2) is 5.78 Å². The van der Waals surface area contributed by atoms with Gasteiger partial charge in [0.05, 0.1) is 24.0 Å². The predicted molar refractivity (Wildman–Crippen MR) is 87.1 cm³/mol. The van der Waals surface area contributed by atoms with Gasteiger partial charge in [-0.2, -0.15) is 5.10 Å². The quantitative estimate of drug-likeness (QED) is 0.689. The average molecular weight is 312 g/mol. The second-order valence-electron chi connectivity index (χ2n) is 6.07. The van der Waals surface area contributed by atoms with Crippen LogP contribution in [0.25, 0.3) is 0 Å². The van der Waals surface area contributed by atoms with E-state index in [1.54, 1.807) is 12.1 Å². The van der Waals surface area contributed by atoms with E-state index < -0.39 is 0 Å². The highest BCUT2D eigenvalue weighted by atomic mass is 16.5. The van der Waals surface area contributed by atoms with Gasteiger partial charge >= 0.3 is 0 Å². The van der Waals surface area contributed by atoms with Crippen molar-refractivity contribution >= 4 is 17.9 Å². The Morgan fingerprint density at radius 3 is 3.00 bits per heavy atom. The average Bonchev–Trinajstić information content (AvgIpc) is 2.57. The highest BCUT2D eigenvalue weighted by Gasteiger charge is 2.36. The molecule has 0 radical (unpaired) electrons. The third kappa shape index (κ3) is 3.50. The highest BCUT2D eigenvalue weighted by molar-refractivity contribution is 6.14. The summed E-state index contributed by atoms with van der Waals surface area (Å²) in [5.41, 5.74) is 4.40. The molecule has 1 saturated carbocycles. The zero-order valence-corrected chi connectivity index (χ0v) is 13.1. The van der Waals surface area contributed by atoms with Crippen molar-refractivity contribution in [3.05, 3.63) is 47.2 Å².